The van der Waals surface area contributed by atoms with Gasteiger partial charge >= 0.3 is 0 Å². The van der Waals surface area contributed by atoms with Crippen LogP contribution in [0.4, 0.5) is 0 Å². The summed E-state index contributed by atoms with van der Waals surface area (Å²) >= 11 is 0. The Kier molecular flexibility index (Phi) is 3.00. The maximum atomic E-state index is 9.88. The average Bonchev–Trinajstić information content (AvgIpc) is 2.56. The van der Waals surface area contributed by atoms with E-state index in [9.17, 15) is 10.4 Å². The molecule has 2 rings (SSSR count). The van der Waals surface area contributed by atoms with E-state index in [-0.39, 0.29) is 11.3 Å². The number of hydrazone groups is 1. The predicted octanol–water partition coefficient (Wildman–Crippen LogP) is 2.82. The van der Waals surface area contributed by atoms with Crippen LogP contribution in [-0.4, -0.2) is 21.4 Å². The SMILES string of the molecule is CC1=NN([C@H](C#N)c2ccccc2O)C(C)(C)C1. The largest absolute Gasteiger partial charge is 0.508 e. The summed E-state index contributed by atoms with van der Waals surface area (Å²) in [5.41, 5.74) is 1.41. The Morgan fingerprint density at radius 3 is 2.61 bits per heavy atom. The highest BCUT2D eigenvalue weighted by atomic mass is 16.3. The van der Waals surface area contributed by atoms with Gasteiger partial charge in [0.25, 0.3) is 0 Å². The van der Waals surface area contributed by atoms with Gasteiger partial charge in [-0.3, -0.25) is 5.01 Å². The monoisotopic (exact) mass is 243 g/mol. The van der Waals surface area contributed by atoms with Gasteiger partial charge in [-0.05, 0) is 26.8 Å². The molecule has 1 aromatic rings. The van der Waals surface area contributed by atoms with Crippen molar-refractivity contribution in [2.45, 2.75) is 38.8 Å². The first-order valence-corrected chi connectivity index (χ1v) is 5.96. The first-order chi connectivity index (χ1) is 8.45. The van der Waals surface area contributed by atoms with E-state index in [4.69, 9.17) is 0 Å². The Balaban J connectivity index is 2.42. The molecule has 0 amide bonds. The normalized spacial score (nSPS) is 19.2. The third-order valence-corrected chi connectivity index (χ3v) is 3.19. The third-order valence-electron chi connectivity index (χ3n) is 3.19. The molecule has 18 heavy (non-hydrogen) atoms. The van der Waals surface area contributed by atoms with Gasteiger partial charge in [0.15, 0.2) is 6.04 Å². The summed E-state index contributed by atoms with van der Waals surface area (Å²) in [5.74, 6) is 0.139. The average molecular weight is 243 g/mol. The van der Waals surface area contributed by atoms with Gasteiger partial charge in [-0.2, -0.15) is 10.4 Å². The number of phenols is 1. The smallest absolute Gasteiger partial charge is 0.162 e. The Morgan fingerprint density at radius 2 is 2.11 bits per heavy atom. The van der Waals surface area contributed by atoms with Crippen LogP contribution in [-0.2, 0) is 0 Å². The summed E-state index contributed by atoms with van der Waals surface area (Å²) < 4.78 is 0. The Morgan fingerprint density at radius 1 is 1.44 bits per heavy atom. The molecule has 0 saturated carbocycles. The second kappa shape index (κ2) is 4.34. The van der Waals surface area contributed by atoms with Gasteiger partial charge in [-0.1, -0.05) is 18.2 Å². The van der Waals surface area contributed by atoms with Gasteiger partial charge < -0.3 is 5.11 Å². The van der Waals surface area contributed by atoms with E-state index in [2.05, 4.69) is 25.0 Å². The minimum absolute atomic E-state index is 0.139. The summed E-state index contributed by atoms with van der Waals surface area (Å²) in [6, 6.07) is 8.61. The van der Waals surface area contributed by atoms with Crippen LogP contribution in [0, 0.1) is 11.3 Å². The zero-order valence-electron chi connectivity index (χ0n) is 10.9. The molecule has 1 aromatic carbocycles. The zero-order chi connectivity index (χ0) is 13.3. The lowest BCUT2D eigenvalue weighted by molar-refractivity contribution is 0.121. The third kappa shape index (κ3) is 2.04. The van der Waals surface area contributed by atoms with E-state index >= 15 is 0 Å². The Hall–Kier alpha value is -2.02. The molecule has 1 N–H and O–H groups in total. The van der Waals surface area contributed by atoms with Crippen molar-refractivity contribution < 1.29 is 5.11 Å². The van der Waals surface area contributed by atoms with E-state index in [0.717, 1.165) is 12.1 Å². The van der Waals surface area contributed by atoms with Gasteiger partial charge in [0, 0.05) is 17.7 Å². The molecule has 4 heteroatoms. The fourth-order valence-corrected chi connectivity index (χ4v) is 2.44. The molecule has 0 unspecified atom stereocenters. The molecule has 1 atom stereocenters. The molecule has 0 aliphatic carbocycles. The van der Waals surface area contributed by atoms with Gasteiger partial charge in [-0.15, -0.1) is 0 Å². The van der Waals surface area contributed by atoms with Crippen LogP contribution < -0.4 is 0 Å². The minimum atomic E-state index is -0.557. The summed E-state index contributed by atoms with van der Waals surface area (Å²) in [6.45, 7) is 6.07. The predicted molar refractivity (Wildman–Crippen MR) is 70.1 cm³/mol. The van der Waals surface area contributed by atoms with Crippen LogP contribution in [0.5, 0.6) is 5.75 Å². The lowest BCUT2D eigenvalue weighted by Gasteiger charge is -2.34. The molecule has 0 fully saturated rings. The molecular formula is C14H17N3O. The number of aromatic hydroxyl groups is 1. The zero-order valence-corrected chi connectivity index (χ0v) is 10.9. The van der Waals surface area contributed by atoms with Crippen molar-refractivity contribution in [2.75, 3.05) is 0 Å². The number of hydrogen-bond acceptors (Lipinski definition) is 4. The number of nitriles is 1. The summed E-state index contributed by atoms with van der Waals surface area (Å²) in [4.78, 5) is 0. The van der Waals surface area contributed by atoms with Crippen molar-refractivity contribution in [3.63, 3.8) is 0 Å². The highest BCUT2D eigenvalue weighted by molar-refractivity contribution is 5.84. The van der Waals surface area contributed by atoms with Gasteiger partial charge in [-0.25, -0.2) is 0 Å². The standard InChI is InChI=1S/C14H17N3O/c1-10-8-14(2,3)17(16-10)12(9-15)11-6-4-5-7-13(11)18/h4-7,12,18H,8H2,1-3H3/t12-/m1/s1. The summed E-state index contributed by atoms with van der Waals surface area (Å²) in [6.07, 6.45) is 0.832. The number of phenolic OH excluding ortho intramolecular Hbond substituents is 1. The molecule has 1 heterocycles. The van der Waals surface area contributed by atoms with E-state index in [1.807, 2.05) is 13.0 Å². The number of para-hydroxylation sites is 1. The minimum Gasteiger partial charge on any atom is -0.508 e. The van der Waals surface area contributed by atoms with Gasteiger partial charge in [0.2, 0.25) is 0 Å². The number of benzene rings is 1. The van der Waals surface area contributed by atoms with Crippen LogP contribution in [0.15, 0.2) is 29.4 Å². The van der Waals surface area contributed by atoms with E-state index in [0.29, 0.717) is 5.56 Å². The number of rotatable bonds is 2. The first kappa shape index (κ1) is 12.4. The molecule has 94 valence electrons. The lowest BCUT2D eigenvalue weighted by atomic mass is 9.95. The molecule has 0 aromatic heterocycles. The maximum absolute atomic E-state index is 9.88. The molecule has 0 bridgehead atoms. The second-order valence-electron chi connectivity index (χ2n) is 5.26. The fraction of sp³-hybridized carbons (Fsp3) is 0.429. The topological polar surface area (TPSA) is 59.6 Å². The van der Waals surface area contributed by atoms with Crippen molar-refractivity contribution >= 4 is 5.71 Å². The molecule has 4 nitrogen and oxygen atoms in total. The van der Waals surface area contributed by atoms with Crippen molar-refractivity contribution in [3.8, 4) is 11.8 Å². The number of hydrogen-bond donors (Lipinski definition) is 1. The first-order valence-electron chi connectivity index (χ1n) is 5.96. The maximum Gasteiger partial charge on any atom is 0.162 e. The second-order valence-corrected chi connectivity index (χ2v) is 5.26. The van der Waals surface area contributed by atoms with Crippen LogP contribution in [0.2, 0.25) is 0 Å². The van der Waals surface area contributed by atoms with E-state index < -0.39 is 6.04 Å². The summed E-state index contributed by atoms with van der Waals surface area (Å²) in [5, 5.41) is 25.5. The number of nitrogens with zero attached hydrogens (tertiary/aromatic N) is 3. The fourth-order valence-electron chi connectivity index (χ4n) is 2.44. The van der Waals surface area contributed by atoms with Crippen LogP contribution >= 0.6 is 0 Å². The molecule has 1 aliphatic heterocycles. The Labute approximate surface area is 107 Å². The van der Waals surface area contributed by atoms with E-state index in [1.165, 1.54) is 0 Å². The van der Waals surface area contributed by atoms with E-state index in [1.54, 1.807) is 23.2 Å². The molecule has 0 saturated heterocycles. The van der Waals surface area contributed by atoms with Crippen LogP contribution in [0.1, 0.15) is 38.8 Å². The highest BCUT2D eigenvalue weighted by Crippen LogP contribution is 2.37. The molecule has 0 spiro atoms. The van der Waals surface area contributed by atoms with Crippen molar-refractivity contribution in [1.29, 1.82) is 5.26 Å². The van der Waals surface area contributed by atoms with Crippen molar-refractivity contribution in [2.24, 2.45) is 5.10 Å². The van der Waals surface area contributed by atoms with Crippen molar-refractivity contribution in [3.05, 3.63) is 29.8 Å². The van der Waals surface area contributed by atoms with Gasteiger partial charge in [0.1, 0.15) is 5.75 Å². The molecule has 0 radical (unpaired) electrons. The van der Waals surface area contributed by atoms with Crippen LogP contribution in [0.3, 0.4) is 0 Å². The lowest BCUT2D eigenvalue weighted by Crippen LogP contribution is -2.38. The Bertz CT molecular complexity index is 528. The molecular weight excluding hydrogens is 226 g/mol. The van der Waals surface area contributed by atoms with Crippen molar-refractivity contribution in [1.82, 2.24) is 5.01 Å². The quantitative estimate of drug-likeness (QED) is 0.868. The van der Waals surface area contributed by atoms with Crippen LogP contribution in [0.25, 0.3) is 0 Å². The highest BCUT2D eigenvalue weighted by Gasteiger charge is 2.38. The summed E-state index contributed by atoms with van der Waals surface area (Å²) in [7, 11) is 0. The molecule has 1 aliphatic rings. The van der Waals surface area contributed by atoms with Gasteiger partial charge in [0.05, 0.1) is 11.6 Å².